The third-order valence-electron chi connectivity index (χ3n) is 15.8. The van der Waals surface area contributed by atoms with Crippen molar-refractivity contribution < 1.29 is 80.2 Å². The zero-order valence-electron chi connectivity index (χ0n) is 55.6. The van der Waals surface area contributed by atoms with Crippen molar-refractivity contribution in [2.75, 3.05) is 39.6 Å². The summed E-state index contributed by atoms with van der Waals surface area (Å²) in [6.45, 7) is 9.47. The lowest BCUT2D eigenvalue weighted by Crippen LogP contribution is -2.30. The Kier molecular flexibility index (Phi) is 58.0. The number of carbonyl (C=O) groups excluding carboxylic acids is 4. The normalized spacial score (nSPS) is 14.5. The van der Waals surface area contributed by atoms with Crippen LogP contribution in [0.5, 0.6) is 0 Å². The number of unbranched alkanes of at least 4 members (excludes halogenated alkanes) is 35. The summed E-state index contributed by atoms with van der Waals surface area (Å²) in [5, 5.41) is 10.6. The van der Waals surface area contributed by atoms with Gasteiger partial charge >= 0.3 is 39.5 Å². The Bertz CT molecular complexity index is 1690. The maximum Gasteiger partial charge on any atom is 0.472 e. The second kappa shape index (κ2) is 59.4. The average molecular weight is 1270 g/mol. The van der Waals surface area contributed by atoms with Gasteiger partial charge in [0.1, 0.15) is 19.3 Å². The van der Waals surface area contributed by atoms with Crippen molar-refractivity contribution in [3.05, 3.63) is 0 Å². The van der Waals surface area contributed by atoms with Crippen molar-refractivity contribution in [1.29, 1.82) is 0 Å². The number of aliphatic hydroxyl groups excluding tert-OH is 1. The lowest BCUT2D eigenvalue weighted by Gasteiger charge is -2.21. The number of phosphoric ester groups is 2. The topological polar surface area (TPSA) is 237 Å². The fourth-order valence-corrected chi connectivity index (χ4v) is 11.6. The molecular formula is C67H130O17P2. The third-order valence-corrected chi connectivity index (χ3v) is 17.7. The molecule has 0 bridgehead atoms. The highest BCUT2D eigenvalue weighted by Gasteiger charge is 2.30. The molecule has 3 unspecified atom stereocenters. The van der Waals surface area contributed by atoms with Crippen molar-refractivity contribution >= 4 is 39.5 Å². The lowest BCUT2D eigenvalue weighted by atomic mass is 10.00. The summed E-state index contributed by atoms with van der Waals surface area (Å²) in [5.74, 6) is -0.625. The lowest BCUT2D eigenvalue weighted by molar-refractivity contribution is -0.161. The van der Waals surface area contributed by atoms with Crippen LogP contribution in [0.4, 0.5) is 0 Å². The molecule has 0 aromatic carbocycles. The van der Waals surface area contributed by atoms with Crippen molar-refractivity contribution in [2.45, 2.75) is 355 Å². The van der Waals surface area contributed by atoms with Gasteiger partial charge in [-0.1, -0.05) is 286 Å². The van der Waals surface area contributed by atoms with E-state index in [1.165, 1.54) is 154 Å². The first-order valence-electron chi connectivity index (χ1n) is 35.0. The second-order valence-electron chi connectivity index (χ2n) is 24.9. The molecule has 0 rings (SSSR count). The summed E-state index contributed by atoms with van der Waals surface area (Å²) in [7, 11) is -9.89. The van der Waals surface area contributed by atoms with E-state index < -0.39 is 97.5 Å². The highest BCUT2D eigenvalue weighted by molar-refractivity contribution is 7.47. The van der Waals surface area contributed by atoms with Crippen molar-refractivity contribution in [3.63, 3.8) is 0 Å². The molecule has 6 atom stereocenters. The molecule has 0 aromatic rings. The minimum absolute atomic E-state index is 0.103. The molecule has 0 heterocycles. The first kappa shape index (κ1) is 84.1. The van der Waals surface area contributed by atoms with Gasteiger partial charge in [-0.05, 0) is 37.5 Å². The van der Waals surface area contributed by atoms with Gasteiger partial charge in [-0.3, -0.25) is 37.3 Å². The Hall–Kier alpha value is -1.94. The maximum atomic E-state index is 13.0. The largest absolute Gasteiger partial charge is 0.472 e. The van der Waals surface area contributed by atoms with Crippen LogP contribution in [0.2, 0.25) is 0 Å². The molecule has 0 amide bonds. The van der Waals surface area contributed by atoms with Crippen LogP contribution in [0, 0.1) is 11.8 Å². The van der Waals surface area contributed by atoms with E-state index in [9.17, 15) is 43.2 Å². The molecule has 0 spiro atoms. The molecule has 3 N–H and O–H groups in total. The van der Waals surface area contributed by atoms with Crippen LogP contribution in [-0.2, 0) is 65.4 Å². The van der Waals surface area contributed by atoms with Crippen LogP contribution in [0.1, 0.15) is 337 Å². The van der Waals surface area contributed by atoms with E-state index in [1.807, 2.05) is 0 Å². The highest BCUT2D eigenvalue weighted by Crippen LogP contribution is 2.45. The monoisotopic (exact) mass is 1270 g/mol. The number of aliphatic hydroxyl groups is 1. The molecular weight excluding hydrogens is 1140 g/mol. The van der Waals surface area contributed by atoms with E-state index in [0.717, 1.165) is 102 Å². The predicted molar refractivity (Wildman–Crippen MR) is 345 cm³/mol. The molecule has 19 heteroatoms. The first-order chi connectivity index (χ1) is 41.4. The van der Waals surface area contributed by atoms with Gasteiger partial charge in [-0.25, -0.2) is 9.13 Å². The number of phosphoric acid groups is 2. The van der Waals surface area contributed by atoms with Gasteiger partial charge in [0.25, 0.3) is 0 Å². The van der Waals surface area contributed by atoms with Crippen LogP contribution in [-0.4, -0.2) is 96.7 Å². The third kappa shape index (κ3) is 59.7. The minimum atomic E-state index is -4.95. The zero-order valence-corrected chi connectivity index (χ0v) is 57.4. The van der Waals surface area contributed by atoms with Crippen molar-refractivity contribution in [3.8, 4) is 0 Å². The quantitative estimate of drug-likeness (QED) is 0.0222. The van der Waals surface area contributed by atoms with Crippen molar-refractivity contribution in [1.82, 2.24) is 0 Å². The van der Waals surface area contributed by atoms with Gasteiger partial charge in [0.15, 0.2) is 12.2 Å². The fraction of sp³-hybridized carbons (Fsp3) is 0.940. The van der Waals surface area contributed by atoms with Gasteiger partial charge in [0.2, 0.25) is 0 Å². The Balaban J connectivity index is 5.23. The number of hydrogen-bond donors (Lipinski definition) is 3. The molecule has 510 valence electrons. The molecule has 17 nitrogen and oxygen atoms in total. The van der Waals surface area contributed by atoms with Gasteiger partial charge < -0.3 is 33.8 Å². The van der Waals surface area contributed by atoms with Gasteiger partial charge in [-0.15, -0.1) is 0 Å². The van der Waals surface area contributed by atoms with E-state index in [0.29, 0.717) is 25.7 Å². The van der Waals surface area contributed by atoms with Crippen LogP contribution >= 0.6 is 15.6 Å². The number of hydrogen-bond acceptors (Lipinski definition) is 15. The number of esters is 4. The highest BCUT2D eigenvalue weighted by atomic mass is 31.2. The van der Waals surface area contributed by atoms with Crippen LogP contribution in [0.3, 0.4) is 0 Å². The summed E-state index contributed by atoms with van der Waals surface area (Å²) >= 11 is 0. The van der Waals surface area contributed by atoms with Crippen LogP contribution in [0.15, 0.2) is 0 Å². The predicted octanol–water partition coefficient (Wildman–Crippen LogP) is 18.8. The second-order valence-corrected chi connectivity index (χ2v) is 27.8. The van der Waals surface area contributed by atoms with Crippen LogP contribution < -0.4 is 0 Å². The van der Waals surface area contributed by atoms with E-state index >= 15 is 0 Å². The molecule has 0 aliphatic heterocycles. The van der Waals surface area contributed by atoms with Gasteiger partial charge in [-0.2, -0.15) is 0 Å². The van der Waals surface area contributed by atoms with E-state index in [2.05, 4.69) is 41.5 Å². The number of rotatable bonds is 66. The fourth-order valence-electron chi connectivity index (χ4n) is 10.0. The molecule has 0 radical (unpaired) electrons. The summed E-state index contributed by atoms with van der Waals surface area (Å²) < 4.78 is 68.1. The minimum Gasteiger partial charge on any atom is -0.462 e. The van der Waals surface area contributed by atoms with E-state index in [1.54, 1.807) is 0 Å². The Morgan fingerprint density at radius 2 is 0.593 bits per heavy atom. The Morgan fingerprint density at radius 3 is 0.884 bits per heavy atom. The summed E-state index contributed by atoms with van der Waals surface area (Å²) in [6, 6.07) is 0. The Labute approximate surface area is 524 Å². The van der Waals surface area contributed by atoms with E-state index in [-0.39, 0.29) is 25.7 Å². The molecule has 0 aromatic heterocycles. The zero-order chi connectivity index (χ0) is 63.6. The van der Waals surface area contributed by atoms with Gasteiger partial charge in [0.05, 0.1) is 26.4 Å². The molecule has 0 saturated heterocycles. The first-order valence-corrected chi connectivity index (χ1v) is 38.0. The standard InChI is InChI=1S/C67H130O17P2/c1-7-10-12-14-16-18-22-27-31-38-44-50-65(70)78-55-62(83-66(71)51-45-39-32-28-24-21-19-20-23-26-29-35-41-47-59(4)5)57-81-85(73,74)79-53-61(68)54-80-86(75,76)82-58-63(56-77-64(69)49-43-37-30-25-17-15-13-11-8-2)84-67(72)52-46-40-34-33-36-42-48-60(6)9-3/h59-63,68H,7-58H2,1-6H3,(H,73,74)(H,75,76)/t60?,61-,62-,63-/m1/s1. The SMILES string of the molecule is CCCCCCCCCCCCCC(=O)OC[C@H](COP(=O)(O)OC[C@@H](O)COP(=O)(O)OC[C@@H](COC(=O)CCCCCCCCCCC)OC(=O)CCCCCCCCC(C)CC)OC(=O)CCCCCCCCCCCCCCCC(C)C. The smallest absolute Gasteiger partial charge is 0.462 e. The molecule has 0 aliphatic rings. The Morgan fingerprint density at radius 1 is 0.337 bits per heavy atom. The summed E-state index contributed by atoms with van der Waals surface area (Å²) in [4.78, 5) is 72.3. The number of carbonyl (C=O) groups is 4. The van der Waals surface area contributed by atoms with E-state index in [4.69, 9.17) is 37.0 Å². The van der Waals surface area contributed by atoms with Gasteiger partial charge in [0, 0.05) is 25.7 Å². The summed E-state index contributed by atoms with van der Waals surface area (Å²) in [6.07, 6.45) is 43.0. The maximum absolute atomic E-state index is 13.0. The summed E-state index contributed by atoms with van der Waals surface area (Å²) in [5.41, 5.74) is 0. The number of ether oxygens (including phenoxy) is 4. The average Bonchev–Trinajstić information content (AvgIpc) is 3.47. The molecule has 86 heavy (non-hydrogen) atoms. The van der Waals surface area contributed by atoms with Crippen LogP contribution in [0.25, 0.3) is 0 Å². The van der Waals surface area contributed by atoms with Crippen molar-refractivity contribution in [2.24, 2.45) is 11.8 Å². The molecule has 0 aliphatic carbocycles. The molecule has 0 saturated carbocycles. The molecule has 0 fully saturated rings.